The Kier molecular flexibility index (Phi) is 7.67. The van der Waals surface area contributed by atoms with E-state index < -0.39 is 10.9 Å². The fourth-order valence-corrected chi connectivity index (χ4v) is 3.91. The summed E-state index contributed by atoms with van der Waals surface area (Å²) in [5.74, 6) is 0.314. The molecule has 0 aromatic heterocycles. The van der Waals surface area contributed by atoms with Gasteiger partial charge in [0.1, 0.15) is 6.61 Å². The Morgan fingerprint density at radius 2 is 1.91 bits per heavy atom. The van der Waals surface area contributed by atoms with Crippen LogP contribution < -0.4 is 9.47 Å². The lowest BCUT2D eigenvalue weighted by atomic mass is 10.1. The number of carbonyl (C=O) groups excluding carboxylic acids is 1. The molecule has 0 N–H and O–H groups in total. The van der Waals surface area contributed by atoms with Gasteiger partial charge in [-0.15, -0.1) is 0 Å². The predicted octanol–water partition coefficient (Wildman–Crippen LogP) is 6.18. The van der Waals surface area contributed by atoms with Crippen LogP contribution in [0, 0.1) is 13.7 Å². The molecule has 178 valence electrons. The predicted molar refractivity (Wildman–Crippen MR) is 140 cm³/mol. The second-order valence-corrected chi connectivity index (χ2v) is 8.97. The van der Waals surface area contributed by atoms with Gasteiger partial charge in [-0.3, -0.25) is 10.1 Å². The maximum atomic E-state index is 12.4. The molecule has 0 radical (unpaired) electrons. The molecule has 4 rings (SSSR count). The number of hydrogen-bond acceptors (Lipinski definition) is 7. The highest BCUT2D eigenvalue weighted by molar-refractivity contribution is 14.1. The second-order valence-electron chi connectivity index (χ2n) is 7.32. The minimum absolute atomic E-state index is 0.0298. The van der Waals surface area contributed by atoms with Crippen LogP contribution in [-0.2, 0) is 16.1 Å². The molecule has 0 saturated heterocycles. The van der Waals surface area contributed by atoms with E-state index in [0.717, 1.165) is 3.57 Å². The number of benzene rings is 3. The Bertz CT molecular complexity index is 1350. The van der Waals surface area contributed by atoms with Crippen molar-refractivity contribution in [2.75, 3.05) is 6.61 Å². The zero-order valence-corrected chi connectivity index (χ0v) is 21.3. The zero-order chi connectivity index (χ0) is 24.9. The number of cyclic esters (lactones) is 1. The smallest absolute Gasteiger partial charge is 0.363 e. The Hall–Kier alpha value is -3.44. The Labute approximate surface area is 219 Å². The Morgan fingerprint density at radius 3 is 2.63 bits per heavy atom. The number of rotatable bonds is 8. The number of hydrogen-bond donors (Lipinski definition) is 0. The van der Waals surface area contributed by atoms with Gasteiger partial charge in [-0.1, -0.05) is 23.7 Å². The quantitative estimate of drug-likeness (QED) is 0.100. The first kappa shape index (κ1) is 24.7. The van der Waals surface area contributed by atoms with Gasteiger partial charge in [0.25, 0.3) is 5.69 Å². The molecule has 10 heteroatoms. The minimum Gasteiger partial charge on any atom is -0.490 e. The molecule has 1 heterocycles. The largest absolute Gasteiger partial charge is 0.490 e. The molecule has 35 heavy (non-hydrogen) atoms. The minimum atomic E-state index is -0.571. The molecule has 0 amide bonds. The monoisotopic (exact) mass is 604 g/mol. The maximum absolute atomic E-state index is 12.4. The molecule has 3 aromatic carbocycles. The van der Waals surface area contributed by atoms with Crippen molar-refractivity contribution in [1.82, 2.24) is 0 Å². The van der Waals surface area contributed by atoms with Crippen molar-refractivity contribution in [2.45, 2.75) is 13.5 Å². The number of nitrogens with zero attached hydrogens (tertiary/aromatic N) is 2. The SMILES string of the molecule is CCOc1cc(/C=C2\N=C(c3ccc(I)cc3)OC2=O)cc(Cl)c1OCc1cccc([N+](=O)[O-])c1. The summed E-state index contributed by atoms with van der Waals surface area (Å²) in [6.07, 6.45) is 1.56. The van der Waals surface area contributed by atoms with Gasteiger partial charge < -0.3 is 14.2 Å². The average molecular weight is 605 g/mol. The third-order valence-corrected chi connectivity index (χ3v) is 5.85. The Balaban J connectivity index is 1.59. The van der Waals surface area contributed by atoms with Crippen LogP contribution in [0.1, 0.15) is 23.6 Å². The number of esters is 1. The number of ether oxygens (including phenoxy) is 3. The van der Waals surface area contributed by atoms with E-state index in [4.69, 9.17) is 25.8 Å². The van der Waals surface area contributed by atoms with Gasteiger partial charge in [-0.25, -0.2) is 9.79 Å². The van der Waals surface area contributed by atoms with E-state index in [1.54, 1.807) is 30.3 Å². The van der Waals surface area contributed by atoms with Gasteiger partial charge >= 0.3 is 5.97 Å². The lowest BCUT2D eigenvalue weighted by Crippen LogP contribution is -2.05. The lowest BCUT2D eigenvalue weighted by molar-refractivity contribution is -0.384. The standard InChI is InChI=1S/C25H18ClIN2O6/c1-2-33-22-13-16(12-21-25(30)35-24(28-21)17-6-8-18(27)9-7-17)11-20(26)23(22)34-14-15-4-3-5-19(10-15)29(31)32/h3-13H,2,14H2,1H3/b21-12-. The van der Waals surface area contributed by atoms with E-state index in [9.17, 15) is 14.9 Å². The topological polar surface area (TPSA) is 100 Å². The van der Waals surface area contributed by atoms with Crippen LogP contribution in [0.4, 0.5) is 5.69 Å². The fourth-order valence-electron chi connectivity index (χ4n) is 3.27. The zero-order valence-electron chi connectivity index (χ0n) is 18.4. The van der Waals surface area contributed by atoms with Crippen LogP contribution in [0.15, 0.2) is 71.4 Å². The summed E-state index contributed by atoms with van der Waals surface area (Å²) >= 11 is 8.67. The highest BCUT2D eigenvalue weighted by atomic mass is 127. The van der Waals surface area contributed by atoms with Crippen LogP contribution in [0.5, 0.6) is 11.5 Å². The second kappa shape index (κ2) is 10.9. The first-order valence-electron chi connectivity index (χ1n) is 10.4. The molecule has 0 saturated carbocycles. The van der Waals surface area contributed by atoms with E-state index in [1.165, 1.54) is 12.1 Å². The molecule has 8 nitrogen and oxygen atoms in total. The van der Waals surface area contributed by atoms with Gasteiger partial charge in [-0.2, -0.15) is 0 Å². The first-order valence-corrected chi connectivity index (χ1v) is 11.9. The van der Waals surface area contributed by atoms with E-state index >= 15 is 0 Å². The normalized spacial score (nSPS) is 14.0. The van der Waals surface area contributed by atoms with Crippen LogP contribution >= 0.6 is 34.2 Å². The van der Waals surface area contributed by atoms with E-state index in [-0.39, 0.29) is 28.9 Å². The van der Waals surface area contributed by atoms with Crippen LogP contribution in [0.2, 0.25) is 5.02 Å². The molecule has 0 bridgehead atoms. The number of aliphatic imine (C=N–C) groups is 1. The van der Waals surface area contributed by atoms with Crippen molar-refractivity contribution < 1.29 is 23.9 Å². The molecule has 0 aliphatic carbocycles. The highest BCUT2D eigenvalue weighted by Crippen LogP contribution is 2.38. The first-order chi connectivity index (χ1) is 16.8. The summed E-state index contributed by atoms with van der Waals surface area (Å²) in [5.41, 5.74) is 1.97. The summed E-state index contributed by atoms with van der Waals surface area (Å²) in [5, 5.41) is 11.3. The molecule has 1 aliphatic rings. The number of non-ortho nitro benzene ring substituents is 1. The summed E-state index contributed by atoms with van der Waals surface area (Å²) in [7, 11) is 0. The Morgan fingerprint density at radius 1 is 1.14 bits per heavy atom. The third kappa shape index (κ3) is 5.98. The fraction of sp³-hybridized carbons (Fsp3) is 0.120. The van der Waals surface area contributed by atoms with Crippen molar-refractivity contribution in [2.24, 2.45) is 4.99 Å². The van der Waals surface area contributed by atoms with E-state index in [1.807, 2.05) is 31.2 Å². The van der Waals surface area contributed by atoms with Crippen molar-refractivity contribution in [3.05, 3.63) is 102 Å². The number of nitro benzene ring substituents is 1. The third-order valence-electron chi connectivity index (χ3n) is 4.85. The molecule has 0 unspecified atom stereocenters. The molecular formula is C25H18ClIN2O6. The molecule has 1 aliphatic heterocycles. The lowest BCUT2D eigenvalue weighted by Gasteiger charge is -2.14. The van der Waals surface area contributed by atoms with Crippen molar-refractivity contribution >= 4 is 57.8 Å². The molecule has 0 fully saturated rings. The van der Waals surface area contributed by atoms with Gasteiger partial charge in [0.15, 0.2) is 17.2 Å². The summed E-state index contributed by atoms with van der Waals surface area (Å²) in [6.45, 7) is 2.22. The average Bonchev–Trinajstić information content (AvgIpc) is 3.19. The number of halogens is 2. The molecule has 0 spiro atoms. The molecule has 0 atom stereocenters. The van der Waals surface area contributed by atoms with Gasteiger partial charge in [0.05, 0.1) is 16.6 Å². The van der Waals surface area contributed by atoms with Crippen molar-refractivity contribution in [1.29, 1.82) is 0 Å². The van der Waals surface area contributed by atoms with E-state index in [2.05, 4.69) is 27.6 Å². The van der Waals surface area contributed by atoms with Crippen molar-refractivity contribution in [3.63, 3.8) is 0 Å². The molecular weight excluding hydrogens is 587 g/mol. The van der Waals surface area contributed by atoms with Gasteiger partial charge in [0.2, 0.25) is 5.90 Å². The highest BCUT2D eigenvalue weighted by Gasteiger charge is 2.24. The summed E-state index contributed by atoms with van der Waals surface area (Å²) in [4.78, 5) is 27.3. The maximum Gasteiger partial charge on any atom is 0.363 e. The van der Waals surface area contributed by atoms with Crippen LogP contribution in [0.3, 0.4) is 0 Å². The van der Waals surface area contributed by atoms with Gasteiger partial charge in [0, 0.05) is 21.3 Å². The van der Waals surface area contributed by atoms with Crippen molar-refractivity contribution in [3.8, 4) is 11.5 Å². The summed E-state index contributed by atoms with van der Waals surface area (Å²) in [6, 6.07) is 16.9. The summed E-state index contributed by atoms with van der Waals surface area (Å²) < 4.78 is 17.9. The van der Waals surface area contributed by atoms with Crippen LogP contribution in [-0.4, -0.2) is 23.4 Å². The molecule has 3 aromatic rings. The van der Waals surface area contributed by atoms with Gasteiger partial charge in [-0.05, 0) is 83.1 Å². The van der Waals surface area contributed by atoms with Crippen LogP contribution in [0.25, 0.3) is 6.08 Å². The number of carbonyl (C=O) groups is 1. The number of nitro groups is 1. The van der Waals surface area contributed by atoms with E-state index in [0.29, 0.717) is 34.8 Å².